The quantitative estimate of drug-likeness (QED) is 0.800. The van der Waals surface area contributed by atoms with E-state index in [1.54, 1.807) is 33.0 Å². The van der Waals surface area contributed by atoms with Crippen LogP contribution in [0.1, 0.15) is 62.0 Å². The first-order valence-electron chi connectivity index (χ1n) is 8.98. The Morgan fingerprint density at radius 2 is 2.07 bits per heavy atom. The van der Waals surface area contributed by atoms with Crippen LogP contribution in [-0.4, -0.2) is 32.7 Å². The van der Waals surface area contributed by atoms with Crippen molar-refractivity contribution in [2.75, 3.05) is 5.73 Å². The Morgan fingerprint density at radius 3 is 2.67 bits per heavy atom. The minimum absolute atomic E-state index is 0.109. The standard InChI is InChI=1S/C20H24FN3O3/c1-20(2,3)27-19(26)14-7-5-12(9-15(14)21)17-18(22)23-10-16(24-17)11-4-6-13(25)8-11/h5,7,9-11,13,25H,4,6,8H2,1-3H3,(H2,22,23)/t11-,13-/m0/s1. The summed E-state index contributed by atoms with van der Waals surface area (Å²) in [5.74, 6) is -1.14. The van der Waals surface area contributed by atoms with Gasteiger partial charge in [-0.15, -0.1) is 0 Å². The van der Waals surface area contributed by atoms with Gasteiger partial charge in [0.1, 0.15) is 22.9 Å². The van der Waals surface area contributed by atoms with E-state index in [1.165, 1.54) is 12.1 Å². The van der Waals surface area contributed by atoms with Gasteiger partial charge in [0.15, 0.2) is 0 Å². The zero-order valence-electron chi connectivity index (χ0n) is 15.7. The molecule has 1 heterocycles. The van der Waals surface area contributed by atoms with Gasteiger partial charge in [-0.05, 0) is 52.2 Å². The Hall–Kier alpha value is -2.54. The maximum Gasteiger partial charge on any atom is 0.341 e. The van der Waals surface area contributed by atoms with Crippen molar-refractivity contribution in [3.05, 3.63) is 41.5 Å². The molecule has 3 rings (SSSR count). The van der Waals surface area contributed by atoms with Crippen molar-refractivity contribution in [3.8, 4) is 11.3 Å². The molecule has 1 aromatic heterocycles. The average Bonchev–Trinajstić information content (AvgIpc) is 3.00. The van der Waals surface area contributed by atoms with Crippen LogP contribution in [0.2, 0.25) is 0 Å². The second-order valence-corrected chi connectivity index (χ2v) is 7.89. The molecule has 0 amide bonds. The van der Waals surface area contributed by atoms with Crippen molar-refractivity contribution < 1.29 is 19.0 Å². The van der Waals surface area contributed by atoms with E-state index in [1.807, 2.05) is 0 Å². The summed E-state index contributed by atoms with van der Waals surface area (Å²) >= 11 is 0. The summed E-state index contributed by atoms with van der Waals surface area (Å²) < 4.78 is 19.7. The third-order valence-corrected chi connectivity index (χ3v) is 4.50. The van der Waals surface area contributed by atoms with Crippen molar-refractivity contribution in [3.63, 3.8) is 0 Å². The van der Waals surface area contributed by atoms with Crippen molar-refractivity contribution >= 4 is 11.8 Å². The third kappa shape index (κ3) is 4.42. The number of hydrogen-bond donors (Lipinski definition) is 2. The summed E-state index contributed by atoms with van der Waals surface area (Å²) in [7, 11) is 0. The molecule has 6 nitrogen and oxygen atoms in total. The maximum atomic E-state index is 14.5. The molecule has 0 aliphatic heterocycles. The number of esters is 1. The van der Waals surface area contributed by atoms with E-state index in [9.17, 15) is 14.3 Å². The fourth-order valence-electron chi connectivity index (χ4n) is 3.21. The lowest BCUT2D eigenvalue weighted by atomic mass is 10.0. The second-order valence-electron chi connectivity index (χ2n) is 7.89. The van der Waals surface area contributed by atoms with Gasteiger partial charge in [0.25, 0.3) is 0 Å². The van der Waals surface area contributed by atoms with Crippen LogP contribution in [0.25, 0.3) is 11.3 Å². The highest BCUT2D eigenvalue weighted by Crippen LogP contribution is 2.35. The molecule has 1 aliphatic carbocycles. The molecule has 1 fully saturated rings. The van der Waals surface area contributed by atoms with Gasteiger partial charge in [0.05, 0.1) is 23.6 Å². The molecule has 2 atom stereocenters. The number of aliphatic hydroxyl groups is 1. The number of hydrogen-bond acceptors (Lipinski definition) is 6. The predicted octanol–water partition coefficient (Wildman–Crippen LogP) is 3.45. The molecule has 0 saturated heterocycles. The van der Waals surface area contributed by atoms with E-state index in [0.717, 1.165) is 18.5 Å². The minimum Gasteiger partial charge on any atom is -0.456 e. The number of aromatic nitrogens is 2. The van der Waals surface area contributed by atoms with Crippen LogP contribution in [-0.2, 0) is 4.74 Å². The highest BCUT2D eigenvalue weighted by molar-refractivity contribution is 5.90. The van der Waals surface area contributed by atoms with Gasteiger partial charge in [-0.25, -0.2) is 19.2 Å². The second kappa shape index (κ2) is 7.23. The molecule has 1 saturated carbocycles. The van der Waals surface area contributed by atoms with E-state index < -0.39 is 17.4 Å². The van der Waals surface area contributed by atoms with Gasteiger partial charge in [0.2, 0.25) is 0 Å². The molecule has 144 valence electrons. The Labute approximate surface area is 157 Å². The van der Waals surface area contributed by atoms with Crippen molar-refractivity contribution in [1.29, 1.82) is 0 Å². The zero-order chi connectivity index (χ0) is 19.8. The summed E-state index contributed by atoms with van der Waals surface area (Å²) in [5, 5.41) is 9.74. The Morgan fingerprint density at radius 1 is 1.33 bits per heavy atom. The number of carbonyl (C=O) groups excluding carboxylic acids is 1. The first-order chi connectivity index (χ1) is 12.6. The molecular formula is C20H24FN3O3. The van der Waals surface area contributed by atoms with Crippen LogP contribution in [0.4, 0.5) is 10.2 Å². The molecule has 0 unspecified atom stereocenters. The minimum atomic E-state index is -0.723. The number of anilines is 1. The number of nitrogen functional groups attached to an aromatic ring is 1. The van der Waals surface area contributed by atoms with Crippen LogP contribution < -0.4 is 5.73 Å². The average molecular weight is 373 g/mol. The summed E-state index contributed by atoms with van der Waals surface area (Å²) in [6.45, 7) is 5.16. The maximum absolute atomic E-state index is 14.5. The lowest BCUT2D eigenvalue weighted by Gasteiger charge is -2.19. The molecule has 3 N–H and O–H groups in total. The molecule has 1 aliphatic rings. The van der Waals surface area contributed by atoms with Gasteiger partial charge in [-0.1, -0.05) is 6.07 Å². The smallest absolute Gasteiger partial charge is 0.341 e. The highest BCUT2D eigenvalue weighted by atomic mass is 19.1. The summed E-state index contributed by atoms with van der Waals surface area (Å²) in [6.07, 6.45) is 3.45. The number of carbonyl (C=O) groups is 1. The molecule has 27 heavy (non-hydrogen) atoms. The Bertz CT molecular complexity index is 864. The van der Waals surface area contributed by atoms with Crippen molar-refractivity contribution in [1.82, 2.24) is 9.97 Å². The molecule has 7 heteroatoms. The molecule has 2 aromatic rings. The number of nitrogens with zero attached hydrogens (tertiary/aromatic N) is 2. The van der Waals surface area contributed by atoms with Gasteiger partial charge < -0.3 is 15.6 Å². The molecule has 1 aromatic carbocycles. The van der Waals surface area contributed by atoms with Crippen molar-refractivity contribution in [2.24, 2.45) is 0 Å². The number of nitrogens with two attached hydrogens (primary N) is 1. The summed E-state index contributed by atoms with van der Waals surface area (Å²) in [5.41, 5.74) is 6.62. The number of benzene rings is 1. The molecule has 0 bridgehead atoms. The van der Waals surface area contributed by atoms with E-state index in [2.05, 4.69) is 9.97 Å². The molecular weight excluding hydrogens is 349 g/mol. The SMILES string of the molecule is CC(C)(C)OC(=O)c1ccc(-c2nc([C@H]3CC[C@H](O)C3)cnc2N)cc1F. The fourth-order valence-corrected chi connectivity index (χ4v) is 3.21. The lowest BCUT2D eigenvalue weighted by molar-refractivity contribution is 0.00647. The first kappa shape index (κ1) is 19.2. The number of rotatable bonds is 3. The predicted molar refractivity (Wildman–Crippen MR) is 99.6 cm³/mol. The zero-order valence-corrected chi connectivity index (χ0v) is 15.7. The van der Waals surface area contributed by atoms with Gasteiger partial charge in [0, 0.05) is 11.5 Å². The molecule has 0 radical (unpaired) electrons. The van der Waals surface area contributed by atoms with Gasteiger partial charge in [-0.2, -0.15) is 0 Å². The van der Waals surface area contributed by atoms with E-state index >= 15 is 0 Å². The Kier molecular flexibility index (Phi) is 5.15. The van der Waals surface area contributed by atoms with E-state index in [4.69, 9.17) is 10.5 Å². The monoisotopic (exact) mass is 373 g/mol. The lowest BCUT2D eigenvalue weighted by Crippen LogP contribution is -2.24. The van der Waals surface area contributed by atoms with Crippen LogP contribution in [0, 0.1) is 5.82 Å². The number of aliphatic hydroxyl groups excluding tert-OH is 1. The van der Waals surface area contributed by atoms with E-state index in [0.29, 0.717) is 17.7 Å². The topological polar surface area (TPSA) is 98.3 Å². The van der Waals surface area contributed by atoms with Gasteiger partial charge in [-0.3, -0.25) is 0 Å². The third-order valence-electron chi connectivity index (χ3n) is 4.50. The summed E-state index contributed by atoms with van der Waals surface area (Å²) in [6, 6.07) is 4.16. The van der Waals surface area contributed by atoms with Crippen LogP contribution in [0.3, 0.4) is 0 Å². The van der Waals surface area contributed by atoms with Crippen LogP contribution in [0.5, 0.6) is 0 Å². The van der Waals surface area contributed by atoms with E-state index in [-0.39, 0.29) is 23.4 Å². The first-order valence-corrected chi connectivity index (χ1v) is 8.98. The summed E-state index contributed by atoms with van der Waals surface area (Å²) in [4.78, 5) is 20.8. The van der Waals surface area contributed by atoms with Gasteiger partial charge >= 0.3 is 5.97 Å². The van der Waals surface area contributed by atoms with Crippen LogP contribution >= 0.6 is 0 Å². The Balaban J connectivity index is 1.90. The fraction of sp³-hybridized carbons (Fsp3) is 0.450. The van der Waals surface area contributed by atoms with Crippen LogP contribution in [0.15, 0.2) is 24.4 Å². The normalized spacial score (nSPS) is 19.9. The number of ether oxygens (including phenoxy) is 1. The number of halogens is 1. The van der Waals surface area contributed by atoms with Crippen molar-refractivity contribution in [2.45, 2.75) is 57.7 Å². The largest absolute Gasteiger partial charge is 0.456 e. The molecule has 0 spiro atoms. The highest BCUT2D eigenvalue weighted by Gasteiger charge is 2.26.